The van der Waals surface area contributed by atoms with Gasteiger partial charge in [0.05, 0.1) is 30.3 Å². The van der Waals surface area contributed by atoms with Crippen molar-refractivity contribution >= 4 is 28.6 Å². The fourth-order valence-electron chi connectivity index (χ4n) is 6.12. The molecule has 4 heterocycles. The fourth-order valence-corrected chi connectivity index (χ4v) is 6.12. The summed E-state index contributed by atoms with van der Waals surface area (Å²) in [5, 5.41) is 12.2. The third-order valence-electron chi connectivity index (χ3n) is 7.91. The quantitative estimate of drug-likeness (QED) is 0.288. The van der Waals surface area contributed by atoms with E-state index in [2.05, 4.69) is 14.8 Å². The molecular formula is C30H25F2N5O2. The Morgan fingerprint density at radius 2 is 2.00 bits per heavy atom. The summed E-state index contributed by atoms with van der Waals surface area (Å²) in [6, 6.07) is 15.8. The number of aromatic nitrogens is 2. The molecule has 39 heavy (non-hydrogen) atoms. The van der Waals surface area contributed by atoms with Gasteiger partial charge >= 0.3 is 0 Å². The zero-order chi connectivity index (χ0) is 26.5. The maximum absolute atomic E-state index is 14.8. The monoisotopic (exact) mass is 525 g/mol. The lowest BCUT2D eigenvalue weighted by molar-refractivity contribution is 0.0128. The van der Waals surface area contributed by atoms with Crippen LogP contribution in [0.15, 0.2) is 54.6 Å². The third-order valence-corrected chi connectivity index (χ3v) is 7.91. The third kappa shape index (κ3) is 4.13. The Morgan fingerprint density at radius 1 is 1.08 bits per heavy atom. The van der Waals surface area contributed by atoms with E-state index in [9.17, 15) is 14.0 Å². The summed E-state index contributed by atoms with van der Waals surface area (Å²) in [4.78, 5) is 7.21. The van der Waals surface area contributed by atoms with E-state index in [1.807, 2.05) is 36.5 Å². The second-order valence-electron chi connectivity index (χ2n) is 10.2. The first-order chi connectivity index (χ1) is 19.1. The van der Waals surface area contributed by atoms with Gasteiger partial charge in [0.15, 0.2) is 6.19 Å². The highest BCUT2D eigenvalue weighted by Crippen LogP contribution is 2.40. The number of fused-ring (bicyclic) bond motifs is 4. The number of nitriles is 1. The van der Waals surface area contributed by atoms with E-state index in [1.54, 1.807) is 12.1 Å². The molecule has 0 amide bonds. The first-order valence-electron chi connectivity index (χ1n) is 13.0. The summed E-state index contributed by atoms with van der Waals surface area (Å²) >= 11 is 0. The molecule has 2 saturated heterocycles. The Hall–Kier alpha value is -4.26. The smallest absolute Gasteiger partial charge is 0.217 e. The van der Waals surface area contributed by atoms with Gasteiger partial charge in [-0.2, -0.15) is 5.26 Å². The highest BCUT2D eigenvalue weighted by molar-refractivity contribution is 5.96. The van der Waals surface area contributed by atoms with E-state index in [4.69, 9.17) is 14.5 Å². The van der Waals surface area contributed by atoms with Gasteiger partial charge in [0.1, 0.15) is 24.0 Å². The van der Waals surface area contributed by atoms with Crippen LogP contribution < -0.4 is 10.1 Å². The molecule has 0 bridgehead atoms. The van der Waals surface area contributed by atoms with Gasteiger partial charge in [0.25, 0.3) is 0 Å². The number of morpholine rings is 1. The van der Waals surface area contributed by atoms with Crippen LogP contribution >= 0.6 is 0 Å². The van der Waals surface area contributed by atoms with E-state index in [-0.39, 0.29) is 18.5 Å². The van der Waals surface area contributed by atoms with Gasteiger partial charge in [-0.05, 0) is 59.5 Å². The first kappa shape index (κ1) is 23.8. The summed E-state index contributed by atoms with van der Waals surface area (Å²) in [7, 11) is 0. The van der Waals surface area contributed by atoms with Gasteiger partial charge in [-0.25, -0.2) is 13.8 Å². The van der Waals surface area contributed by atoms with E-state index in [0.717, 1.165) is 54.9 Å². The average Bonchev–Trinajstić information content (AvgIpc) is 3.47. The Balaban J connectivity index is 1.34. The lowest BCUT2D eigenvalue weighted by atomic mass is 9.92. The number of benzene rings is 3. The van der Waals surface area contributed by atoms with Crippen molar-refractivity contribution in [2.45, 2.75) is 25.1 Å². The van der Waals surface area contributed by atoms with E-state index >= 15 is 0 Å². The van der Waals surface area contributed by atoms with Crippen molar-refractivity contribution in [1.29, 1.82) is 5.26 Å². The summed E-state index contributed by atoms with van der Waals surface area (Å²) < 4.78 is 42.5. The molecule has 196 valence electrons. The van der Waals surface area contributed by atoms with Crippen LogP contribution in [-0.4, -0.2) is 46.8 Å². The summed E-state index contributed by atoms with van der Waals surface area (Å²) in [6.07, 6.45) is 4.90. The molecule has 0 aliphatic carbocycles. The minimum Gasteiger partial charge on any atom is -0.488 e. The zero-order valence-electron chi connectivity index (χ0n) is 21.0. The van der Waals surface area contributed by atoms with Crippen LogP contribution in [0.4, 0.5) is 14.7 Å². The predicted molar refractivity (Wildman–Crippen MR) is 143 cm³/mol. The minimum absolute atomic E-state index is 0.00682. The van der Waals surface area contributed by atoms with Crippen LogP contribution in [0.25, 0.3) is 22.7 Å². The van der Waals surface area contributed by atoms with Crippen molar-refractivity contribution in [3.8, 4) is 11.9 Å². The van der Waals surface area contributed by atoms with Gasteiger partial charge in [-0.3, -0.25) is 10.2 Å². The normalized spacial score (nSPS) is 21.5. The van der Waals surface area contributed by atoms with Gasteiger partial charge < -0.3 is 14.0 Å². The Bertz CT molecular complexity index is 1660. The van der Waals surface area contributed by atoms with Crippen LogP contribution in [0.5, 0.6) is 5.75 Å². The molecule has 1 unspecified atom stereocenters. The molecule has 3 aliphatic heterocycles. The molecule has 7 nitrogen and oxygen atoms in total. The molecule has 1 aromatic heterocycles. The number of hydrogen-bond donors (Lipinski definition) is 1. The molecule has 7 rings (SSSR count). The number of ether oxygens (including phenoxy) is 2. The number of imidazole rings is 1. The van der Waals surface area contributed by atoms with Crippen LogP contribution in [0.3, 0.4) is 0 Å². The highest BCUT2D eigenvalue weighted by Gasteiger charge is 2.36. The molecule has 4 aromatic rings. The van der Waals surface area contributed by atoms with E-state index in [1.165, 1.54) is 18.2 Å². The predicted octanol–water partition coefficient (Wildman–Crippen LogP) is 5.33. The van der Waals surface area contributed by atoms with Gasteiger partial charge in [0, 0.05) is 36.3 Å². The standard InChI is InChI=1S/C30H25F2N5O2/c31-19-5-6-23-24(22-2-1-3-26(32)25(22)16-39-29(23)12-19)10-18-4-7-28-27(11-18)35-30(34-17-33)37(28)20-13-21-15-38-9-8-36(21)14-20/h1-7,10-12,20-21H,8-9,13-16H2,(H,34,35)/t20?,21-/m1/s1. The second kappa shape index (κ2) is 9.49. The van der Waals surface area contributed by atoms with Crippen LogP contribution in [0, 0.1) is 23.1 Å². The molecule has 9 heteroatoms. The summed E-state index contributed by atoms with van der Waals surface area (Å²) in [6.45, 7) is 3.25. The maximum Gasteiger partial charge on any atom is 0.217 e. The number of nitrogens with zero attached hydrogens (tertiary/aromatic N) is 4. The molecule has 0 spiro atoms. The van der Waals surface area contributed by atoms with E-state index < -0.39 is 5.82 Å². The number of hydrogen-bond acceptors (Lipinski definition) is 6. The summed E-state index contributed by atoms with van der Waals surface area (Å²) in [5.41, 5.74) is 5.05. The Morgan fingerprint density at radius 3 is 2.87 bits per heavy atom. The topological polar surface area (TPSA) is 75.3 Å². The van der Waals surface area contributed by atoms with Crippen molar-refractivity contribution in [3.05, 3.63) is 88.5 Å². The molecule has 0 saturated carbocycles. The molecule has 3 aliphatic rings. The Kier molecular flexibility index (Phi) is 5.80. The van der Waals surface area contributed by atoms with Crippen LogP contribution in [0.2, 0.25) is 0 Å². The van der Waals surface area contributed by atoms with Crippen molar-refractivity contribution in [3.63, 3.8) is 0 Å². The van der Waals surface area contributed by atoms with Gasteiger partial charge in [-0.1, -0.05) is 18.2 Å². The largest absolute Gasteiger partial charge is 0.488 e. The highest BCUT2D eigenvalue weighted by atomic mass is 19.1. The lowest BCUT2D eigenvalue weighted by Gasteiger charge is -2.28. The van der Waals surface area contributed by atoms with Gasteiger partial charge in [-0.15, -0.1) is 0 Å². The number of anilines is 1. The lowest BCUT2D eigenvalue weighted by Crippen LogP contribution is -2.40. The van der Waals surface area contributed by atoms with Gasteiger partial charge in [0.2, 0.25) is 5.95 Å². The summed E-state index contributed by atoms with van der Waals surface area (Å²) in [5.74, 6) is 0.0913. The minimum atomic E-state index is -0.418. The number of nitrogens with one attached hydrogen (secondary N) is 1. The van der Waals surface area contributed by atoms with Crippen molar-refractivity contribution in [1.82, 2.24) is 14.5 Å². The Labute approximate surface area is 223 Å². The molecule has 2 fully saturated rings. The van der Waals surface area contributed by atoms with Crippen molar-refractivity contribution < 1.29 is 18.3 Å². The number of rotatable bonds is 3. The van der Waals surface area contributed by atoms with Crippen LogP contribution in [0.1, 0.15) is 34.7 Å². The zero-order valence-corrected chi connectivity index (χ0v) is 21.0. The average molecular weight is 526 g/mol. The van der Waals surface area contributed by atoms with Crippen molar-refractivity contribution in [2.24, 2.45) is 0 Å². The first-order valence-corrected chi connectivity index (χ1v) is 13.0. The molecular weight excluding hydrogens is 500 g/mol. The second-order valence-corrected chi connectivity index (χ2v) is 10.2. The maximum atomic E-state index is 14.8. The molecule has 2 atom stereocenters. The number of halogens is 2. The van der Waals surface area contributed by atoms with Crippen molar-refractivity contribution in [2.75, 3.05) is 31.6 Å². The fraction of sp³-hybridized carbons (Fsp3) is 0.267. The molecule has 0 radical (unpaired) electrons. The van der Waals surface area contributed by atoms with Crippen LogP contribution in [-0.2, 0) is 11.3 Å². The SMILES string of the molecule is N#CNc1nc2cc(C=C3c4ccc(F)cc4OCc4c(F)cccc43)ccc2n1C1C[C@@H]2COCCN2C1. The van der Waals surface area contributed by atoms with E-state index in [0.29, 0.717) is 34.4 Å². The molecule has 1 N–H and O–H groups in total. The molecule has 3 aromatic carbocycles.